The van der Waals surface area contributed by atoms with Gasteiger partial charge in [0.1, 0.15) is 0 Å². The Kier molecular flexibility index (Phi) is 11.1. The summed E-state index contributed by atoms with van der Waals surface area (Å²) >= 11 is 0. The Hall–Kier alpha value is -0.530. The number of carbonyl (C=O) groups excluding carboxylic acids is 1. The first kappa shape index (κ1) is 14.5. The molecule has 0 bridgehead atoms. The van der Waals surface area contributed by atoms with E-state index in [4.69, 9.17) is 4.74 Å². The molecule has 2 nitrogen and oxygen atoms in total. The molecule has 0 N–H and O–H groups in total. The van der Waals surface area contributed by atoms with Gasteiger partial charge in [-0.05, 0) is 19.8 Å². The Morgan fingerprint density at radius 1 is 1.00 bits per heavy atom. The van der Waals surface area contributed by atoms with E-state index >= 15 is 0 Å². The van der Waals surface area contributed by atoms with Crippen molar-refractivity contribution in [3.05, 3.63) is 0 Å². The van der Waals surface area contributed by atoms with E-state index < -0.39 is 0 Å². The zero-order valence-electron chi connectivity index (χ0n) is 10.3. The topological polar surface area (TPSA) is 26.3 Å². The molecular formula is C13H26O2. The molecule has 0 aliphatic rings. The van der Waals surface area contributed by atoms with Gasteiger partial charge in [-0.3, -0.25) is 4.79 Å². The van der Waals surface area contributed by atoms with Crippen LogP contribution in [0.2, 0.25) is 0 Å². The number of carbonyl (C=O) groups is 1. The lowest BCUT2D eigenvalue weighted by atomic mass is 10.1. The lowest BCUT2D eigenvalue weighted by Gasteiger charge is -2.08. The van der Waals surface area contributed by atoms with Crippen molar-refractivity contribution in [3.8, 4) is 0 Å². The fraction of sp³-hybridized carbons (Fsp3) is 0.923. The number of hydrogen-bond donors (Lipinski definition) is 0. The van der Waals surface area contributed by atoms with Crippen LogP contribution in [0.25, 0.3) is 0 Å². The maximum atomic E-state index is 10.0. The van der Waals surface area contributed by atoms with E-state index in [2.05, 4.69) is 6.92 Å². The second-order valence-electron chi connectivity index (χ2n) is 4.31. The largest absolute Gasteiger partial charge is 0.465 e. The highest BCUT2D eigenvalue weighted by Crippen LogP contribution is 2.11. The fourth-order valence-electron chi connectivity index (χ4n) is 1.73. The molecule has 0 fully saturated rings. The van der Waals surface area contributed by atoms with Crippen LogP contribution in [0.4, 0.5) is 0 Å². The van der Waals surface area contributed by atoms with Crippen LogP contribution in [0.5, 0.6) is 0 Å². The predicted octanol–water partition coefficient (Wildman–Crippen LogP) is 4.08. The monoisotopic (exact) mass is 214 g/mol. The molecule has 0 spiro atoms. The molecule has 0 aromatic carbocycles. The van der Waals surface area contributed by atoms with Gasteiger partial charge in [0, 0.05) is 0 Å². The molecule has 0 amide bonds. The summed E-state index contributed by atoms with van der Waals surface area (Å²) in [4.78, 5) is 10.0. The third kappa shape index (κ3) is 11.4. The second-order valence-corrected chi connectivity index (χ2v) is 4.31. The Morgan fingerprint density at radius 3 is 2.07 bits per heavy atom. The normalized spacial score (nSPS) is 12.4. The number of ether oxygens (including phenoxy) is 1. The summed E-state index contributed by atoms with van der Waals surface area (Å²) in [7, 11) is 0. The lowest BCUT2D eigenvalue weighted by Crippen LogP contribution is -2.05. The van der Waals surface area contributed by atoms with Gasteiger partial charge >= 0.3 is 0 Å². The molecule has 0 aromatic rings. The van der Waals surface area contributed by atoms with E-state index in [-0.39, 0.29) is 6.10 Å². The van der Waals surface area contributed by atoms with Crippen molar-refractivity contribution in [1.82, 2.24) is 0 Å². The van der Waals surface area contributed by atoms with Crippen molar-refractivity contribution in [2.24, 2.45) is 0 Å². The maximum absolute atomic E-state index is 10.0. The van der Waals surface area contributed by atoms with Crippen molar-refractivity contribution >= 4 is 6.47 Å². The van der Waals surface area contributed by atoms with Crippen molar-refractivity contribution in [3.63, 3.8) is 0 Å². The van der Waals surface area contributed by atoms with Crippen molar-refractivity contribution in [2.45, 2.75) is 77.7 Å². The third-order valence-corrected chi connectivity index (χ3v) is 2.75. The van der Waals surface area contributed by atoms with Crippen molar-refractivity contribution in [2.75, 3.05) is 0 Å². The molecule has 15 heavy (non-hydrogen) atoms. The van der Waals surface area contributed by atoms with Gasteiger partial charge in [0.15, 0.2) is 0 Å². The minimum Gasteiger partial charge on any atom is -0.465 e. The van der Waals surface area contributed by atoms with Crippen LogP contribution in [-0.4, -0.2) is 12.6 Å². The first-order valence-electron chi connectivity index (χ1n) is 6.40. The maximum Gasteiger partial charge on any atom is 0.293 e. The first-order valence-corrected chi connectivity index (χ1v) is 6.40. The van der Waals surface area contributed by atoms with E-state index in [0.717, 1.165) is 6.42 Å². The smallest absolute Gasteiger partial charge is 0.293 e. The summed E-state index contributed by atoms with van der Waals surface area (Å²) < 4.78 is 4.82. The predicted molar refractivity (Wildman–Crippen MR) is 63.8 cm³/mol. The molecule has 0 aliphatic heterocycles. The zero-order valence-corrected chi connectivity index (χ0v) is 10.3. The second kappa shape index (κ2) is 11.5. The molecular weight excluding hydrogens is 188 g/mol. The number of rotatable bonds is 11. The van der Waals surface area contributed by atoms with Gasteiger partial charge in [0.05, 0.1) is 6.10 Å². The minimum absolute atomic E-state index is 0.0996. The molecule has 0 unspecified atom stereocenters. The van der Waals surface area contributed by atoms with Gasteiger partial charge in [0.2, 0.25) is 0 Å². The molecule has 0 rings (SSSR count). The van der Waals surface area contributed by atoms with E-state index in [1.54, 1.807) is 0 Å². The van der Waals surface area contributed by atoms with Crippen molar-refractivity contribution < 1.29 is 9.53 Å². The summed E-state index contributed by atoms with van der Waals surface area (Å²) in [5.74, 6) is 0. The molecule has 0 aromatic heterocycles. The molecule has 0 saturated carbocycles. The third-order valence-electron chi connectivity index (χ3n) is 2.75. The van der Waals surface area contributed by atoms with Gasteiger partial charge in [-0.25, -0.2) is 0 Å². The molecule has 0 radical (unpaired) electrons. The van der Waals surface area contributed by atoms with Gasteiger partial charge in [-0.15, -0.1) is 0 Å². The van der Waals surface area contributed by atoms with Crippen LogP contribution in [0, 0.1) is 0 Å². The standard InChI is InChI=1S/C13H26O2/c1-3-4-5-6-7-8-9-10-11-13(2)15-12-14/h12-13H,3-11H2,1-2H3/t13-/m0/s1. The summed E-state index contributed by atoms with van der Waals surface area (Å²) in [6.07, 6.45) is 11.7. The van der Waals surface area contributed by atoms with Crippen LogP contribution in [-0.2, 0) is 9.53 Å². The lowest BCUT2D eigenvalue weighted by molar-refractivity contribution is -0.133. The average Bonchev–Trinajstić information content (AvgIpc) is 2.22. The van der Waals surface area contributed by atoms with Crippen LogP contribution < -0.4 is 0 Å². The van der Waals surface area contributed by atoms with Gasteiger partial charge in [-0.1, -0.05) is 51.9 Å². The number of hydrogen-bond acceptors (Lipinski definition) is 2. The van der Waals surface area contributed by atoms with Crippen LogP contribution in [0.15, 0.2) is 0 Å². The van der Waals surface area contributed by atoms with Gasteiger partial charge in [0.25, 0.3) is 6.47 Å². The molecule has 90 valence electrons. The van der Waals surface area contributed by atoms with Crippen LogP contribution >= 0.6 is 0 Å². The highest BCUT2D eigenvalue weighted by atomic mass is 16.5. The molecule has 1 atom stereocenters. The Bertz CT molecular complexity index is 134. The van der Waals surface area contributed by atoms with E-state index in [0.29, 0.717) is 6.47 Å². The van der Waals surface area contributed by atoms with Crippen molar-refractivity contribution in [1.29, 1.82) is 0 Å². The van der Waals surface area contributed by atoms with E-state index in [9.17, 15) is 4.79 Å². The quantitative estimate of drug-likeness (QED) is 0.382. The van der Waals surface area contributed by atoms with E-state index in [1.807, 2.05) is 6.92 Å². The molecule has 0 saturated heterocycles. The summed E-state index contributed by atoms with van der Waals surface area (Å²) in [6, 6.07) is 0. The minimum atomic E-state index is 0.0996. The van der Waals surface area contributed by atoms with Crippen LogP contribution in [0.3, 0.4) is 0 Å². The summed E-state index contributed by atoms with van der Waals surface area (Å²) in [6.45, 7) is 4.75. The van der Waals surface area contributed by atoms with Gasteiger partial charge in [-0.2, -0.15) is 0 Å². The Balaban J connectivity index is 3.01. The molecule has 0 heterocycles. The molecule has 0 aliphatic carbocycles. The zero-order chi connectivity index (χ0) is 11.4. The SMILES string of the molecule is CCCCCCCCCC[C@H](C)OC=O. The average molecular weight is 214 g/mol. The van der Waals surface area contributed by atoms with Gasteiger partial charge < -0.3 is 4.74 Å². The fourth-order valence-corrected chi connectivity index (χ4v) is 1.73. The number of unbranched alkanes of at least 4 members (excludes halogenated alkanes) is 7. The molecule has 2 heteroatoms. The highest BCUT2D eigenvalue weighted by molar-refractivity contribution is 5.37. The summed E-state index contributed by atoms with van der Waals surface area (Å²) in [5, 5.41) is 0. The van der Waals surface area contributed by atoms with E-state index in [1.165, 1.54) is 51.4 Å². The Morgan fingerprint density at radius 2 is 1.53 bits per heavy atom. The highest BCUT2D eigenvalue weighted by Gasteiger charge is 2.00. The summed E-state index contributed by atoms with van der Waals surface area (Å²) in [5.41, 5.74) is 0. The Labute approximate surface area is 94.4 Å². The first-order chi connectivity index (χ1) is 7.31. The van der Waals surface area contributed by atoms with Crippen LogP contribution in [0.1, 0.15) is 71.6 Å².